The Morgan fingerprint density at radius 1 is 0.363 bits per heavy atom. The fourth-order valence-corrected chi connectivity index (χ4v) is 11.9. The maximum Gasteiger partial charge on any atom is 0.472 e. The van der Waals surface area contributed by atoms with Gasteiger partial charge in [-0.1, -0.05) is 285 Å². The molecule has 0 aliphatic rings. The first-order valence-corrected chi connectivity index (χ1v) is 39.7. The summed E-state index contributed by atoms with van der Waals surface area (Å²) in [6, 6.07) is 0. The summed E-state index contributed by atoms with van der Waals surface area (Å²) in [5.74, 6) is 0.0853. The van der Waals surface area contributed by atoms with Crippen LogP contribution < -0.4 is 0 Å². The molecule has 0 bridgehead atoms. The largest absolute Gasteiger partial charge is 0.472 e. The zero-order valence-electron chi connectivity index (χ0n) is 58.8. The molecule has 0 amide bonds. The van der Waals surface area contributed by atoms with Crippen LogP contribution in [-0.2, 0) is 65.4 Å². The highest BCUT2D eigenvalue weighted by Crippen LogP contribution is 2.45. The van der Waals surface area contributed by atoms with Crippen molar-refractivity contribution in [2.75, 3.05) is 39.6 Å². The molecule has 6 atom stereocenters. The van der Waals surface area contributed by atoms with Crippen molar-refractivity contribution in [1.82, 2.24) is 0 Å². The van der Waals surface area contributed by atoms with E-state index in [1.807, 2.05) is 0 Å². The summed E-state index contributed by atoms with van der Waals surface area (Å²) in [6.45, 7) is 11.7. The molecule has 0 spiro atoms. The van der Waals surface area contributed by atoms with Gasteiger partial charge >= 0.3 is 39.5 Å². The summed E-state index contributed by atoms with van der Waals surface area (Å²) < 4.78 is 68.3. The predicted octanol–water partition coefficient (Wildman–Crippen LogP) is 20.2. The number of hydrogen-bond donors (Lipinski definition) is 3. The van der Waals surface area contributed by atoms with E-state index in [-0.39, 0.29) is 25.7 Å². The standard InChI is InChI=1S/C72H136O17P2/c1-8-10-11-12-13-14-15-16-17-18-19-23-32-39-46-53-69(74)82-59-67(88-71(76)55-48-41-34-24-21-20-22-31-38-45-52-65(7)9-2)61-86-90(78,79)84-57-66(73)58-85-91(80,81)87-62-68(89-72(77)56-49-42-35-28-26-30-37-44-51-64(5)6)60-83-70(75)54-47-40-33-27-25-29-36-43-50-63(3)4/h14-17,63-68,73H,8-13,18-62H2,1-7H3,(H,78,79)(H,80,81)/b15-14-,17-16-/t65?,66?,67-,68-/m1/s1. The van der Waals surface area contributed by atoms with E-state index in [1.54, 1.807) is 0 Å². The van der Waals surface area contributed by atoms with Gasteiger partial charge in [-0.05, 0) is 69.1 Å². The number of hydrogen-bond acceptors (Lipinski definition) is 15. The lowest BCUT2D eigenvalue weighted by Gasteiger charge is -2.21. The van der Waals surface area contributed by atoms with Crippen molar-refractivity contribution in [2.45, 2.75) is 356 Å². The van der Waals surface area contributed by atoms with E-state index in [4.69, 9.17) is 37.0 Å². The van der Waals surface area contributed by atoms with Gasteiger partial charge in [0, 0.05) is 25.7 Å². The lowest BCUT2D eigenvalue weighted by atomic mass is 9.99. The molecule has 0 fully saturated rings. The number of phosphoric acid groups is 2. The summed E-state index contributed by atoms with van der Waals surface area (Å²) in [6.07, 6.45) is 49.4. The van der Waals surface area contributed by atoms with Crippen molar-refractivity contribution in [2.24, 2.45) is 17.8 Å². The Morgan fingerprint density at radius 2 is 0.648 bits per heavy atom. The summed E-state index contributed by atoms with van der Waals surface area (Å²) in [5.41, 5.74) is 0. The fourth-order valence-electron chi connectivity index (χ4n) is 10.3. The maximum absolute atomic E-state index is 13.0. The van der Waals surface area contributed by atoms with Gasteiger partial charge in [-0.3, -0.25) is 37.3 Å². The van der Waals surface area contributed by atoms with Gasteiger partial charge < -0.3 is 33.8 Å². The molecule has 0 heterocycles. The predicted molar refractivity (Wildman–Crippen MR) is 367 cm³/mol. The van der Waals surface area contributed by atoms with Gasteiger partial charge in [-0.15, -0.1) is 0 Å². The summed E-state index contributed by atoms with van der Waals surface area (Å²) in [4.78, 5) is 72.6. The minimum Gasteiger partial charge on any atom is -0.462 e. The molecule has 536 valence electrons. The molecule has 91 heavy (non-hydrogen) atoms. The van der Waals surface area contributed by atoms with Crippen molar-refractivity contribution in [3.63, 3.8) is 0 Å². The average molecular weight is 1340 g/mol. The van der Waals surface area contributed by atoms with E-state index in [0.717, 1.165) is 121 Å². The van der Waals surface area contributed by atoms with Crippen LogP contribution in [0, 0.1) is 17.8 Å². The minimum atomic E-state index is -4.96. The van der Waals surface area contributed by atoms with Crippen molar-refractivity contribution < 1.29 is 80.2 Å². The molecule has 0 saturated heterocycles. The van der Waals surface area contributed by atoms with E-state index in [0.29, 0.717) is 31.6 Å². The van der Waals surface area contributed by atoms with E-state index in [9.17, 15) is 43.2 Å². The molecule has 0 aromatic heterocycles. The van der Waals surface area contributed by atoms with Crippen LogP contribution in [-0.4, -0.2) is 96.7 Å². The summed E-state index contributed by atoms with van der Waals surface area (Å²) >= 11 is 0. The number of aliphatic hydroxyl groups is 1. The van der Waals surface area contributed by atoms with Crippen molar-refractivity contribution in [3.8, 4) is 0 Å². The SMILES string of the molecule is CCCCCC/C=C\C=C/CCCCCCCC(=O)OC[C@H](COP(=O)(O)OCC(O)COP(=O)(O)OC[C@@H](COC(=O)CCCCCCCCCCC(C)C)OC(=O)CCCCCCCCCCC(C)C)OC(=O)CCCCCCCCCCCCC(C)CC. The lowest BCUT2D eigenvalue weighted by Crippen LogP contribution is -2.30. The number of phosphoric ester groups is 2. The topological polar surface area (TPSA) is 237 Å². The number of aliphatic hydroxyl groups excluding tert-OH is 1. The highest BCUT2D eigenvalue weighted by Gasteiger charge is 2.30. The number of esters is 4. The van der Waals surface area contributed by atoms with Gasteiger partial charge in [0.1, 0.15) is 19.3 Å². The molecule has 0 aliphatic heterocycles. The van der Waals surface area contributed by atoms with Gasteiger partial charge in [0.2, 0.25) is 0 Å². The number of ether oxygens (including phenoxy) is 4. The first-order chi connectivity index (χ1) is 43.8. The first kappa shape index (κ1) is 88.5. The Kier molecular flexibility index (Phi) is 60.7. The number of carbonyl (C=O) groups excluding carboxylic acids is 4. The van der Waals surface area contributed by atoms with Crippen molar-refractivity contribution in [1.29, 1.82) is 0 Å². The second-order valence-electron chi connectivity index (χ2n) is 26.5. The van der Waals surface area contributed by atoms with E-state index in [1.165, 1.54) is 128 Å². The van der Waals surface area contributed by atoms with Gasteiger partial charge in [-0.25, -0.2) is 9.13 Å². The van der Waals surface area contributed by atoms with E-state index in [2.05, 4.69) is 72.8 Å². The highest BCUT2D eigenvalue weighted by atomic mass is 31.2. The smallest absolute Gasteiger partial charge is 0.462 e. The molecule has 0 aromatic rings. The Balaban J connectivity index is 5.30. The molecule has 3 N–H and O–H groups in total. The van der Waals surface area contributed by atoms with Crippen molar-refractivity contribution >= 4 is 39.5 Å². The zero-order valence-corrected chi connectivity index (χ0v) is 60.6. The first-order valence-electron chi connectivity index (χ1n) is 36.7. The van der Waals surface area contributed by atoms with Gasteiger partial charge in [0.05, 0.1) is 26.4 Å². The zero-order chi connectivity index (χ0) is 67.3. The third kappa shape index (κ3) is 64.6. The van der Waals surface area contributed by atoms with Gasteiger partial charge in [-0.2, -0.15) is 0 Å². The van der Waals surface area contributed by atoms with Gasteiger partial charge in [0.15, 0.2) is 12.2 Å². The Morgan fingerprint density at radius 3 is 0.978 bits per heavy atom. The third-order valence-corrected chi connectivity index (χ3v) is 18.3. The summed E-state index contributed by atoms with van der Waals surface area (Å²) in [7, 11) is -9.92. The third-order valence-electron chi connectivity index (χ3n) is 16.4. The Bertz CT molecular complexity index is 1880. The maximum atomic E-state index is 13.0. The molecule has 0 saturated carbocycles. The van der Waals surface area contributed by atoms with Crippen LogP contribution in [0.2, 0.25) is 0 Å². The quantitative estimate of drug-likeness (QED) is 0.0169. The molecule has 0 radical (unpaired) electrons. The Hall–Kier alpha value is -2.46. The molecule has 17 nitrogen and oxygen atoms in total. The lowest BCUT2D eigenvalue weighted by molar-refractivity contribution is -0.161. The Labute approximate surface area is 554 Å². The number of allylic oxidation sites excluding steroid dienone is 4. The average Bonchev–Trinajstić information content (AvgIpc) is 3.69. The van der Waals surface area contributed by atoms with Crippen LogP contribution >= 0.6 is 15.6 Å². The van der Waals surface area contributed by atoms with Gasteiger partial charge in [0.25, 0.3) is 0 Å². The molecule has 4 unspecified atom stereocenters. The monoisotopic (exact) mass is 1330 g/mol. The van der Waals surface area contributed by atoms with Crippen molar-refractivity contribution in [3.05, 3.63) is 24.3 Å². The van der Waals surface area contributed by atoms with Crippen LogP contribution in [0.1, 0.15) is 337 Å². The second kappa shape index (κ2) is 62.4. The number of rotatable bonds is 68. The fraction of sp³-hybridized carbons (Fsp3) is 0.889. The molecule has 0 rings (SSSR count). The van der Waals surface area contributed by atoms with Crippen LogP contribution in [0.25, 0.3) is 0 Å². The number of unbranched alkanes of at least 4 members (excludes halogenated alkanes) is 32. The van der Waals surface area contributed by atoms with Crippen LogP contribution in [0.15, 0.2) is 24.3 Å². The van der Waals surface area contributed by atoms with Crippen LogP contribution in [0.3, 0.4) is 0 Å². The highest BCUT2D eigenvalue weighted by molar-refractivity contribution is 7.47. The summed E-state index contributed by atoms with van der Waals surface area (Å²) in [5, 5.41) is 10.6. The molecular weight excluding hydrogens is 1200 g/mol. The molecule has 0 aliphatic carbocycles. The minimum absolute atomic E-state index is 0.0988. The number of carbonyl (C=O) groups is 4. The molecular formula is C72H136O17P2. The van der Waals surface area contributed by atoms with Crippen LogP contribution in [0.4, 0.5) is 0 Å². The van der Waals surface area contributed by atoms with Crippen LogP contribution in [0.5, 0.6) is 0 Å². The van der Waals surface area contributed by atoms with E-state index < -0.39 is 97.5 Å². The molecule has 19 heteroatoms. The second-order valence-corrected chi connectivity index (χ2v) is 29.4. The van der Waals surface area contributed by atoms with E-state index >= 15 is 0 Å². The molecule has 0 aromatic carbocycles. The normalized spacial score (nSPS) is 14.6.